The lowest BCUT2D eigenvalue weighted by atomic mass is 9.84. The first kappa shape index (κ1) is 16.9. The van der Waals surface area contributed by atoms with Crippen LogP contribution in [0.1, 0.15) is 54.9 Å². The summed E-state index contributed by atoms with van der Waals surface area (Å²) in [5.74, 6) is 0. The Morgan fingerprint density at radius 3 is 2.58 bits per heavy atom. The van der Waals surface area contributed by atoms with Gasteiger partial charge in [0.15, 0.2) is 0 Å². The molecule has 0 saturated carbocycles. The van der Waals surface area contributed by atoms with Gasteiger partial charge >= 0.3 is 0 Å². The molecule has 0 aliphatic carbocycles. The van der Waals surface area contributed by atoms with E-state index in [4.69, 9.17) is 4.74 Å². The summed E-state index contributed by atoms with van der Waals surface area (Å²) in [7, 11) is 0. The summed E-state index contributed by atoms with van der Waals surface area (Å²) < 4.78 is 5.99. The topological polar surface area (TPSA) is 24.5 Å². The minimum Gasteiger partial charge on any atom is -0.370 e. The number of hydrogen-bond donors (Lipinski definition) is 1. The largest absolute Gasteiger partial charge is 0.370 e. The number of rotatable bonds is 6. The highest BCUT2D eigenvalue weighted by molar-refractivity contribution is 4.89. The monoisotopic (exact) mass is 270 g/mol. The number of nitrogens with zero attached hydrogens (tertiary/aromatic N) is 1. The van der Waals surface area contributed by atoms with Gasteiger partial charge < -0.3 is 10.1 Å². The number of ether oxygens (including phenoxy) is 1. The molecule has 1 N–H and O–H groups in total. The minimum atomic E-state index is -0.0200. The third-order valence-corrected chi connectivity index (χ3v) is 4.14. The Balaban J connectivity index is 2.56. The second-order valence-electron chi connectivity index (χ2n) is 7.52. The van der Waals surface area contributed by atoms with Crippen molar-refractivity contribution in [2.45, 2.75) is 72.6 Å². The third-order valence-electron chi connectivity index (χ3n) is 4.14. The summed E-state index contributed by atoms with van der Waals surface area (Å²) >= 11 is 0. The zero-order valence-corrected chi connectivity index (χ0v) is 14.0. The lowest BCUT2D eigenvalue weighted by molar-refractivity contribution is -0.134. The molecule has 0 spiro atoms. The maximum atomic E-state index is 5.99. The Morgan fingerprint density at radius 1 is 1.42 bits per heavy atom. The molecule has 1 rings (SSSR count). The van der Waals surface area contributed by atoms with Gasteiger partial charge in [-0.15, -0.1) is 0 Å². The molecule has 0 amide bonds. The van der Waals surface area contributed by atoms with Gasteiger partial charge in [0.05, 0.1) is 11.7 Å². The SMILES string of the molecule is CCCNC(C)C(C)(C)CN1CC(C)OC(C)(C)C1. The minimum absolute atomic E-state index is 0.0200. The summed E-state index contributed by atoms with van der Waals surface area (Å²) in [4.78, 5) is 2.57. The van der Waals surface area contributed by atoms with Gasteiger partial charge in [0.25, 0.3) is 0 Å². The van der Waals surface area contributed by atoms with E-state index in [0.717, 1.165) is 26.2 Å². The van der Waals surface area contributed by atoms with Gasteiger partial charge in [-0.25, -0.2) is 0 Å². The van der Waals surface area contributed by atoms with Crippen LogP contribution in [-0.4, -0.2) is 48.8 Å². The number of hydrogen-bond acceptors (Lipinski definition) is 3. The molecule has 114 valence electrons. The van der Waals surface area contributed by atoms with Crippen molar-refractivity contribution >= 4 is 0 Å². The van der Waals surface area contributed by atoms with E-state index in [1.165, 1.54) is 6.42 Å². The van der Waals surface area contributed by atoms with Crippen LogP contribution < -0.4 is 5.32 Å². The van der Waals surface area contributed by atoms with Crippen LogP contribution in [0, 0.1) is 5.41 Å². The highest BCUT2D eigenvalue weighted by atomic mass is 16.5. The van der Waals surface area contributed by atoms with E-state index in [1.807, 2.05) is 0 Å². The molecule has 0 aromatic carbocycles. The number of nitrogens with one attached hydrogen (secondary N) is 1. The molecule has 2 atom stereocenters. The molecular weight excluding hydrogens is 236 g/mol. The quantitative estimate of drug-likeness (QED) is 0.803. The van der Waals surface area contributed by atoms with Gasteiger partial charge in [-0.05, 0) is 46.1 Å². The fourth-order valence-corrected chi connectivity index (χ4v) is 3.06. The van der Waals surface area contributed by atoms with Crippen molar-refractivity contribution in [2.24, 2.45) is 5.41 Å². The van der Waals surface area contributed by atoms with E-state index in [2.05, 4.69) is 58.7 Å². The Bertz CT molecular complexity index is 276. The molecule has 1 heterocycles. The van der Waals surface area contributed by atoms with Crippen LogP contribution >= 0.6 is 0 Å². The molecule has 2 unspecified atom stereocenters. The summed E-state index contributed by atoms with van der Waals surface area (Å²) in [5, 5.41) is 3.64. The third kappa shape index (κ3) is 5.41. The molecule has 3 heteroatoms. The van der Waals surface area contributed by atoms with E-state index < -0.39 is 0 Å². The van der Waals surface area contributed by atoms with Gasteiger partial charge in [0.2, 0.25) is 0 Å². The molecule has 0 radical (unpaired) electrons. The zero-order valence-electron chi connectivity index (χ0n) is 14.0. The van der Waals surface area contributed by atoms with Crippen molar-refractivity contribution in [1.29, 1.82) is 0 Å². The summed E-state index contributed by atoms with van der Waals surface area (Å²) in [6.45, 7) is 20.2. The smallest absolute Gasteiger partial charge is 0.0757 e. The highest BCUT2D eigenvalue weighted by Gasteiger charge is 2.35. The van der Waals surface area contributed by atoms with Crippen LogP contribution in [0.2, 0.25) is 0 Å². The van der Waals surface area contributed by atoms with Crippen molar-refractivity contribution in [3.05, 3.63) is 0 Å². The molecule has 1 aliphatic heterocycles. The lowest BCUT2D eigenvalue weighted by Gasteiger charge is -2.45. The van der Waals surface area contributed by atoms with Crippen LogP contribution in [0.5, 0.6) is 0 Å². The maximum Gasteiger partial charge on any atom is 0.0757 e. The van der Waals surface area contributed by atoms with Crippen LogP contribution in [0.4, 0.5) is 0 Å². The van der Waals surface area contributed by atoms with Gasteiger partial charge in [-0.3, -0.25) is 4.90 Å². The van der Waals surface area contributed by atoms with E-state index in [0.29, 0.717) is 12.1 Å². The molecule has 3 nitrogen and oxygen atoms in total. The lowest BCUT2D eigenvalue weighted by Crippen LogP contribution is -2.56. The number of morpholine rings is 1. The first-order valence-electron chi connectivity index (χ1n) is 7.80. The molecule has 0 aromatic heterocycles. The molecule has 1 aliphatic rings. The zero-order chi connectivity index (χ0) is 14.7. The van der Waals surface area contributed by atoms with Crippen LogP contribution in [0.25, 0.3) is 0 Å². The molecule has 0 bridgehead atoms. The van der Waals surface area contributed by atoms with Crippen LogP contribution in [0.3, 0.4) is 0 Å². The standard InChI is InChI=1S/C16H34N2O/c1-8-9-17-14(3)15(4,5)11-18-10-13(2)19-16(6,7)12-18/h13-14,17H,8-12H2,1-7H3. The molecule has 19 heavy (non-hydrogen) atoms. The van der Waals surface area contributed by atoms with Gasteiger partial charge in [-0.2, -0.15) is 0 Å². The van der Waals surface area contributed by atoms with Crippen molar-refractivity contribution in [2.75, 3.05) is 26.2 Å². The van der Waals surface area contributed by atoms with Crippen LogP contribution in [0.15, 0.2) is 0 Å². The van der Waals surface area contributed by atoms with Crippen molar-refractivity contribution in [3.8, 4) is 0 Å². The first-order valence-corrected chi connectivity index (χ1v) is 7.80. The van der Waals surface area contributed by atoms with Crippen molar-refractivity contribution in [3.63, 3.8) is 0 Å². The Labute approximate surface area is 120 Å². The maximum absolute atomic E-state index is 5.99. The summed E-state index contributed by atoms with van der Waals surface area (Å²) in [6, 6.07) is 0.536. The average molecular weight is 270 g/mol. The molecule has 1 fully saturated rings. The van der Waals surface area contributed by atoms with Crippen molar-refractivity contribution < 1.29 is 4.74 Å². The Morgan fingerprint density at radius 2 is 2.05 bits per heavy atom. The van der Waals surface area contributed by atoms with E-state index in [9.17, 15) is 0 Å². The molecule has 1 saturated heterocycles. The second kappa shape index (κ2) is 6.55. The molecular formula is C16H34N2O. The Hall–Kier alpha value is -0.120. The predicted molar refractivity (Wildman–Crippen MR) is 82.6 cm³/mol. The van der Waals surface area contributed by atoms with Crippen LogP contribution in [-0.2, 0) is 4.74 Å². The van der Waals surface area contributed by atoms with E-state index >= 15 is 0 Å². The summed E-state index contributed by atoms with van der Waals surface area (Å²) in [5.41, 5.74) is 0.260. The van der Waals surface area contributed by atoms with E-state index in [1.54, 1.807) is 0 Å². The van der Waals surface area contributed by atoms with Gasteiger partial charge in [0, 0.05) is 25.7 Å². The average Bonchev–Trinajstić information content (AvgIpc) is 2.21. The fourth-order valence-electron chi connectivity index (χ4n) is 3.06. The normalized spacial score (nSPS) is 26.4. The van der Waals surface area contributed by atoms with Crippen molar-refractivity contribution in [1.82, 2.24) is 10.2 Å². The molecule has 0 aromatic rings. The van der Waals surface area contributed by atoms with Gasteiger partial charge in [0.1, 0.15) is 0 Å². The Kier molecular flexibility index (Phi) is 5.84. The highest BCUT2D eigenvalue weighted by Crippen LogP contribution is 2.27. The predicted octanol–water partition coefficient (Wildman–Crippen LogP) is 2.90. The van der Waals surface area contributed by atoms with Gasteiger partial charge in [-0.1, -0.05) is 20.8 Å². The van der Waals surface area contributed by atoms with E-state index in [-0.39, 0.29) is 11.0 Å². The first-order chi connectivity index (χ1) is 8.66. The summed E-state index contributed by atoms with van der Waals surface area (Å²) in [6.07, 6.45) is 1.53. The second-order valence-corrected chi connectivity index (χ2v) is 7.52. The fraction of sp³-hybridized carbons (Fsp3) is 1.00.